The molecule has 2 bridgehead atoms. The fourth-order valence-electron chi connectivity index (χ4n) is 4.26. The van der Waals surface area contributed by atoms with Crippen molar-refractivity contribution >= 4 is 35.1 Å². The van der Waals surface area contributed by atoms with Crippen molar-refractivity contribution in [3.05, 3.63) is 77.6 Å². The van der Waals surface area contributed by atoms with Crippen LogP contribution in [-0.4, -0.2) is 26.4 Å². The van der Waals surface area contributed by atoms with Gasteiger partial charge in [-0.15, -0.1) is 23.4 Å². The van der Waals surface area contributed by atoms with Gasteiger partial charge >= 0.3 is 6.03 Å². The van der Waals surface area contributed by atoms with E-state index in [-0.39, 0.29) is 17.3 Å². The molecule has 6 heteroatoms. The third kappa shape index (κ3) is 3.03. The third-order valence-corrected chi connectivity index (χ3v) is 7.82. The van der Waals surface area contributed by atoms with Crippen molar-refractivity contribution in [2.24, 2.45) is 0 Å². The molecule has 0 unspecified atom stereocenters. The molecule has 0 radical (unpaired) electrons. The van der Waals surface area contributed by atoms with E-state index in [0.29, 0.717) is 11.2 Å². The van der Waals surface area contributed by atoms with Gasteiger partial charge < -0.3 is 5.32 Å². The zero-order valence-electron chi connectivity index (χ0n) is 15.4. The molecule has 0 spiro atoms. The number of carbonyl (C=O) groups excluding carboxylic acids is 1. The maximum absolute atomic E-state index is 12.6. The number of hydrogen-bond donors (Lipinski definition) is 1. The summed E-state index contributed by atoms with van der Waals surface area (Å²) in [6, 6.07) is 17.8. The summed E-state index contributed by atoms with van der Waals surface area (Å²) < 4.78 is 1.43. The van der Waals surface area contributed by atoms with E-state index in [1.165, 1.54) is 20.7 Å². The number of rotatable bonds is 3. The molecule has 2 aliphatic rings. The molecule has 28 heavy (non-hydrogen) atoms. The van der Waals surface area contributed by atoms with E-state index in [1.54, 1.807) is 0 Å². The number of anilines is 1. The maximum atomic E-state index is 12.6. The number of benzene rings is 2. The Kier molecular flexibility index (Phi) is 4.44. The normalized spacial score (nSPS) is 24.9. The fraction of sp³-hybridized carbons (Fsp3) is 0.273. The van der Waals surface area contributed by atoms with Crippen LogP contribution in [0.1, 0.15) is 35.1 Å². The van der Waals surface area contributed by atoms with Gasteiger partial charge in [0.2, 0.25) is 0 Å². The van der Waals surface area contributed by atoms with Gasteiger partial charge in [0.05, 0.1) is 11.1 Å². The standard InChI is InChI=1S/C22H20ClN3OS/c1-13-7-9-15(10-8-13)28-21-16-11-17(19(21)23)20-18(16)12-26(25-20)22(27)24-14-5-3-2-4-6-14/h2-10,12,16-17,19,21H,11H2,1H3,(H,24,27)/t16-,17-,19-,21-/m0/s1. The molecule has 0 saturated heterocycles. The topological polar surface area (TPSA) is 46.9 Å². The minimum Gasteiger partial charge on any atom is -0.306 e. The minimum atomic E-state index is -0.242. The number of nitrogens with one attached hydrogen (secondary N) is 1. The number of aryl methyl sites for hydroxylation is 1. The summed E-state index contributed by atoms with van der Waals surface area (Å²) in [5, 5.41) is 7.81. The van der Waals surface area contributed by atoms with Crippen LogP contribution in [0.4, 0.5) is 10.5 Å². The van der Waals surface area contributed by atoms with Crippen molar-refractivity contribution in [1.29, 1.82) is 0 Å². The number of para-hydroxylation sites is 1. The zero-order valence-corrected chi connectivity index (χ0v) is 17.0. The zero-order chi connectivity index (χ0) is 19.3. The predicted octanol–water partition coefficient (Wildman–Crippen LogP) is 5.62. The maximum Gasteiger partial charge on any atom is 0.346 e. The number of amides is 1. The SMILES string of the molecule is Cc1ccc(S[C@@H]2[C@@H](Cl)[C@@H]3C[C@H]2c2cn(C(=O)Nc4ccccc4)nc23)cc1. The van der Waals surface area contributed by atoms with Gasteiger partial charge in [-0.2, -0.15) is 9.78 Å². The lowest BCUT2D eigenvalue weighted by Gasteiger charge is -2.25. The highest BCUT2D eigenvalue weighted by Gasteiger charge is 2.52. The number of thioether (sulfide) groups is 1. The number of fused-ring (bicyclic) bond motifs is 5. The van der Waals surface area contributed by atoms with E-state index in [4.69, 9.17) is 11.6 Å². The summed E-state index contributed by atoms with van der Waals surface area (Å²) in [6.45, 7) is 2.09. The third-order valence-electron chi connectivity index (χ3n) is 5.65. The van der Waals surface area contributed by atoms with Gasteiger partial charge in [-0.05, 0) is 43.2 Å². The van der Waals surface area contributed by atoms with E-state index in [1.807, 2.05) is 48.3 Å². The Morgan fingerprint density at radius 3 is 2.64 bits per heavy atom. The molecule has 0 aliphatic heterocycles. The number of aromatic nitrogens is 2. The quantitative estimate of drug-likeness (QED) is 0.570. The summed E-state index contributed by atoms with van der Waals surface area (Å²) >= 11 is 8.68. The number of halogens is 1. The highest BCUT2D eigenvalue weighted by Crippen LogP contribution is 2.59. The summed E-state index contributed by atoms with van der Waals surface area (Å²) in [4.78, 5) is 13.8. The van der Waals surface area contributed by atoms with E-state index < -0.39 is 0 Å². The number of carbonyl (C=O) groups is 1. The summed E-state index contributed by atoms with van der Waals surface area (Å²) in [6.07, 6.45) is 2.92. The van der Waals surface area contributed by atoms with Crippen molar-refractivity contribution in [2.45, 2.75) is 40.7 Å². The monoisotopic (exact) mass is 409 g/mol. The molecule has 1 heterocycles. The van der Waals surface area contributed by atoms with Crippen LogP contribution in [0.25, 0.3) is 0 Å². The van der Waals surface area contributed by atoms with Crippen LogP contribution in [0.5, 0.6) is 0 Å². The highest BCUT2D eigenvalue weighted by atomic mass is 35.5. The minimum absolute atomic E-state index is 0.0318. The van der Waals surface area contributed by atoms with E-state index >= 15 is 0 Å². The van der Waals surface area contributed by atoms with Gasteiger partial charge in [0.1, 0.15) is 0 Å². The average Bonchev–Trinajstić information content (AvgIpc) is 3.36. The first kappa shape index (κ1) is 17.8. The molecule has 142 valence electrons. The van der Waals surface area contributed by atoms with Crippen LogP contribution in [0.15, 0.2) is 65.7 Å². The highest BCUT2D eigenvalue weighted by molar-refractivity contribution is 8.00. The lowest BCUT2D eigenvalue weighted by molar-refractivity contribution is 0.250. The Morgan fingerprint density at radius 2 is 1.89 bits per heavy atom. The molecule has 4 atom stereocenters. The Bertz CT molecular complexity index is 1020. The molecule has 1 amide bonds. The molecular weight excluding hydrogens is 390 g/mol. The van der Waals surface area contributed by atoms with Crippen LogP contribution in [0.3, 0.4) is 0 Å². The molecule has 1 fully saturated rings. The fourth-order valence-corrected chi connectivity index (χ4v) is 6.16. The lowest BCUT2D eigenvalue weighted by Crippen LogP contribution is -2.24. The number of hydrogen-bond acceptors (Lipinski definition) is 3. The molecular formula is C22H20ClN3OS. The Morgan fingerprint density at radius 1 is 1.14 bits per heavy atom. The number of nitrogens with zero attached hydrogens (tertiary/aromatic N) is 2. The van der Waals surface area contributed by atoms with Crippen LogP contribution >= 0.6 is 23.4 Å². The first-order valence-electron chi connectivity index (χ1n) is 9.43. The van der Waals surface area contributed by atoms with Crippen LogP contribution in [0, 0.1) is 6.92 Å². The van der Waals surface area contributed by atoms with Gasteiger partial charge in [-0.25, -0.2) is 4.79 Å². The van der Waals surface area contributed by atoms with Crippen molar-refractivity contribution in [2.75, 3.05) is 5.32 Å². The summed E-state index contributed by atoms with van der Waals surface area (Å²) in [7, 11) is 0. The predicted molar refractivity (Wildman–Crippen MR) is 114 cm³/mol. The van der Waals surface area contributed by atoms with E-state index in [9.17, 15) is 4.79 Å². The van der Waals surface area contributed by atoms with Crippen LogP contribution in [-0.2, 0) is 0 Å². The second kappa shape index (κ2) is 6.98. The second-order valence-corrected chi connectivity index (χ2v) is 9.25. The van der Waals surface area contributed by atoms with Gasteiger partial charge in [0, 0.05) is 33.9 Å². The Labute approximate surface area is 173 Å². The van der Waals surface area contributed by atoms with Crippen LogP contribution in [0.2, 0.25) is 0 Å². The molecule has 1 N–H and O–H groups in total. The van der Waals surface area contributed by atoms with Crippen molar-refractivity contribution in [3.63, 3.8) is 0 Å². The molecule has 1 aromatic heterocycles. The molecule has 1 saturated carbocycles. The molecule has 2 aromatic carbocycles. The molecule has 4 nitrogen and oxygen atoms in total. The molecule has 2 aliphatic carbocycles. The summed E-state index contributed by atoms with van der Waals surface area (Å²) in [5.41, 5.74) is 4.19. The smallest absolute Gasteiger partial charge is 0.306 e. The second-order valence-electron chi connectivity index (χ2n) is 7.50. The number of alkyl halides is 1. The Balaban J connectivity index is 1.37. The summed E-state index contributed by atoms with van der Waals surface area (Å²) in [5.74, 6) is 0.558. The first-order valence-corrected chi connectivity index (χ1v) is 10.7. The lowest BCUT2D eigenvalue weighted by atomic mass is 9.97. The van der Waals surface area contributed by atoms with Crippen molar-refractivity contribution in [1.82, 2.24) is 9.78 Å². The largest absolute Gasteiger partial charge is 0.346 e. The van der Waals surface area contributed by atoms with Gasteiger partial charge in [0.25, 0.3) is 0 Å². The van der Waals surface area contributed by atoms with E-state index in [0.717, 1.165) is 17.8 Å². The van der Waals surface area contributed by atoms with Gasteiger partial charge in [-0.1, -0.05) is 35.9 Å². The van der Waals surface area contributed by atoms with Gasteiger partial charge in [0.15, 0.2) is 0 Å². The van der Waals surface area contributed by atoms with Crippen molar-refractivity contribution in [3.8, 4) is 0 Å². The van der Waals surface area contributed by atoms with Gasteiger partial charge in [-0.3, -0.25) is 0 Å². The average molecular weight is 410 g/mol. The molecule has 5 rings (SSSR count). The van der Waals surface area contributed by atoms with Crippen molar-refractivity contribution < 1.29 is 4.79 Å². The van der Waals surface area contributed by atoms with Crippen LogP contribution < -0.4 is 5.32 Å². The molecule has 3 aromatic rings. The van der Waals surface area contributed by atoms with E-state index in [2.05, 4.69) is 41.6 Å². The Hall–Kier alpha value is -2.24. The first-order chi connectivity index (χ1) is 13.6.